The van der Waals surface area contributed by atoms with Crippen LogP contribution in [0.3, 0.4) is 0 Å². The number of rotatable bonds is 4. The topological polar surface area (TPSA) is 115 Å². The minimum absolute atomic E-state index is 0.337. The third kappa shape index (κ3) is 3.43. The molecule has 0 aliphatic heterocycles. The lowest BCUT2D eigenvalue weighted by Crippen LogP contribution is -2.27. The first kappa shape index (κ1) is 10.2. The van der Waals surface area contributed by atoms with Gasteiger partial charge in [-0.2, -0.15) is 0 Å². The SMILES string of the molecule is CNC(=O)C[C@H](N=[N+]=[N-])C(=O)O. The number of carbonyl (C=O) groups excluding carboxylic acids is 1. The highest BCUT2D eigenvalue weighted by molar-refractivity contribution is 5.84. The molecule has 2 N–H and O–H groups in total. The highest BCUT2D eigenvalue weighted by Crippen LogP contribution is 1.98. The predicted molar refractivity (Wildman–Crippen MR) is 39.3 cm³/mol. The molecule has 0 heterocycles. The van der Waals surface area contributed by atoms with Crippen LogP contribution in [0.4, 0.5) is 0 Å². The van der Waals surface area contributed by atoms with Crippen molar-refractivity contribution < 1.29 is 14.7 Å². The summed E-state index contributed by atoms with van der Waals surface area (Å²) in [5.41, 5.74) is 7.93. The van der Waals surface area contributed by atoms with Gasteiger partial charge in [0, 0.05) is 18.4 Å². The van der Waals surface area contributed by atoms with E-state index in [2.05, 4.69) is 15.3 Å². The van der Waals surface area contributed by atoms with Gasteiger partial charge in [0.05, 0.1) is 0 Å². The fourth-order valence-corrected chi connectivity index (χ4v) is 0.518. The molecule has 66 valence electrons. The smallest absolute Gasteiger partial charge is 0.312 e. The van der Waals surface area contributed by atoms with E-state index in [4.69, 9.17) is 10.6 Å². The first-order valence-electron chi connectivity index (χ1n) is 3.09. The van der Waals surface area contributed by atoms with Gasteiger partial charge in [-0.25, -0.2) is 0 Å². The summed E-state index contributed by atoms with van der Waals surface area (Å²) in [5.74, 6) is -1.79. The molecule has 0 spiro atoms. The van der Waals surface area contributed by atoms with Crippen molar-refractivity contribution in [2.45, 2.75) is 12.5 Å². The third-order valence-electron chi connectivity index (χ3n) is 1.13. The number of carbonyl (C=O) groups is 2. The minimum Gasteiger partial charge on any atom is -0.481 e. The van der Waals surface area contributed by atoms with Crippen LogP contribution in [0.15, 0.2) is 5.11 Å². The summed E-state index contributed by atoms with van der Waals surface area (Å²) in [6.45, 7) is 0. The van der Waals surface area contributed by atoms with Crippen LogP contribution in [0, 0.1) is 0 Å². The van der Waals surface area contributed by atoms with E-state index < -0.39 is 17.9 Å². The molecule has 7 nitrogen and oxygen atoms in total. The summed E-state index contributed by atoms with van der Waals surface area (Å²) in [6, 6.07) is -1.32. The third-order valence-corrected chi connectivity index (χ3v) is 1.13. The van der Waals surface area contributed by atoms with Crippen LogP contribution in [0.5, 0.6) is 0 Å². The molecule has 0 aromatic carbocycles. The van der Waals surface area contributed by atoms with E-state index in [-0.39, 0.29) is 6.42 Å². The van der Waals surface area contributed by atoms with E-state index >= 15 is 0 Å². The molecular formula is C5H8N4O3. The molecule has 1 amide bonds. The molecule has 0 bridgehead atoms. The van der Waals surface area contributed by atoms with Gasteiger partial charge in [-0.1, -0.05) is 5.11 Å². The van der Waals surface area contributed by atoms with Crippen LogP contribution in [-0.4, -0.2) is 30.1 Å². The number of hydrogen-bond acceptors (Lipinski definition) is 3. The van der Waals surface area contributed by atoms with Crippen molar-refractivity contribution in [3.63, 3.8) is 0 Å². The number of amides is 1. The number of aliphatic carboxylic acids is 1. The Labute approximate surface area is 68.0 Å². The normalized spacial score (nSPS) is 11.1. The Hall–Kier alpha value is -1.75. The van der Waals surface area contributed by atoms with Crippen LogP contribution < -0.4 is 5.32 Å². The van der Waals surface area contributed by atoms with Gasteiger partial charge in [-0.3, -0.25) is 9.59 Å². The second-order valence-corrected chi connectivity index (χ2v) is 1.94. The molecule has 7 heteroatoms. The van der Waals surface area contributed by atoms with E-state index in [1.165, 1.54) is 7.05 Å². The zero-order valence-corrected chi connectivity index (χ0v) is 6.39. The Bertz CT molecular complexity index is 231. The number of hydrogen-bond donors (Lipinski definition) is 2. The maximum atomic E-state index is 10.6. The largest absolute Gasteiger partial charge is 0.481 e. The van der Waals surface area contributed by atoms with Crippen molar-refractivity contribution in [3.8, 4) is 0 Å². The van der Waals surface area contributed by atoms with Crippen molar-refractivity contribution in [1.29, 1.82) is 0 Å². The Morgan fingerprint density at radius 3 is 2.67 bits per heavy atom. The van der Waals surface area contributed by atoms with Gasteiger partial charge in [-0.15, -0.1) is 0 Å². The summed E-state index contributed by atoms with van der Waals surface area (Å²) >= 11 is 0. The van der Waals surface area contributed by atoms with Gasteiger partial charge in [-0.05, 0) is 5.53 Å². The van der Waals surface area contributed by atoms with Crippen LogP contribution in [0.25, 0.3) is 10.4 Å². The quantitative estimate of drug-likeness (QED) is 0.350. The van der Waals surface area contributed by atoms with Gasteiger partial charge in [0.25, 0.3) is 0 Å². The molecule has 0 aromatic rings. The van der Waals surface area contributed by atoms with Crippen molar-refractivity contribution in [3.05, 3.63) is 10.4 Å². The average molecular weight is 172 g/mol. The molecule has 0 radical (unpaired) electrons. The van der Waals surface area contributed by atoms with Crippen LogP contribution in [0.1, 0.15) is 6.42 Å². The Balaban J connectivity index is 4.23. The molecule has 0 aliphatic carbocycles. The summed E-state index contributed by atoms with van der Waals surface area (Å²) < 4.78 is 0. The Morgan fingerprint density at radius 2 is 2.33 bits per heavy atom. The highest BCUT2D eigenvalue weighted by atomic mass is 16.4. The lowest BCUT2D eigenvalue weighted by atomic mass is 10.2. The van der Waals surface area contributed by atoms with Crippen LogP contribution in [-0.2, 0) is 9.59 Å². The molecule has 0 rings (SSSR count). The zero-order valence-electron chi connectivity index (χ0n) is 6.39. The second-order valence-electron chi connectivity index (χ2n) is 1.94. The number of nitrogens with zero attached hydrogens (tertiary/aromatic N) is 3. The number of carboxylic acids is 1. The number of carboxylic acid groups (broad SMARTS) is 1. The van der Waals surface area contributed by atoms with Gasteiger partial charge in [0.15, 0.2) is 0 Å². The molecule has 0 saturated carbocycles. The predicted octanol–water partition coefficient (Wildman–Crippen LogP) is -0.114. The van der Waals surface area contributed by atoms with Gasteiger partial charge < -0.3 is 10.4 Å². The van der Waals surface area contributed by atoms with Gasteiger partial charge >= 0.3 is 5.97 Å². The fraction of sp³-hybridized carbons (Fsp3) is 0.600. The van der Waals surface area contributed by atoms with E-state index in [0.29, 0.717) is 0 Å². The standard InChI is InChI=1S/C5H8N4O3/c1-7-4(10)2-3(5(11)12)8-9-6/h3H,2H2,1H3,(H,7,10)(H,11,12)/t3-/m0/s1. The molecule has 0 fully saturated rings. The zero-order chi connectivity index (χ0) is 9.56. The average Bonchev–Trinajstić information content (AvgIpc) is 2.03. The molecule has 0 aromatic heterocycles. The van der Waals surface area contributed by atoms with E-state index in [0.717, 1.165) is 0 Å². The van der Waals surface area contributed by atoms with E-state index in [1.54, 1.807) is 0 Å². The Kier molecular flexibility index (Phi) is 4.25. The van der Waals surface area contributed by atoms with Crippen molar-refractivity contribution >= 4 is 11.9 Å². The van der Waals surface area contributed by atoms with Gasteiger partial charge in [0.1, 0.15) is 6.04 Å². The molecule has 1 atom stereocenters. The lowest BCUT2D eigenvalue weighted by molar-refractivity contribution is -0.140. The number of azide groups is 1. The van der Waals surface area contributed by atoms with Gasteiger partial charge in [0.2, 0.25) is 5.91 Å². The summed E-state index contributed by atoms with van der Waals surface area (Å²) in [5, 5.41) is 13.6. The summed E-state index contributed by atoms with van der Waals surface area (Å²) in [4.78, 5) is 23.2. The van der Waals surface area contributed by atoms with Crippen molar-refractivity contribution in [1.82, 2.24) is 5.32 Å². The first-order valence-corrected chi connectivity index (χ1v) is 3.09. The van der Waals surface area contributed by atoms with E-state index in [1.807, 2.05) is 0 Å². The summed E-state index contributed by atoms with van der Waals surface area (Å²) in [7, 11) is 1.37. The van der Waals surface area contributed by atoms with E-state index in [9.17, 15) is 9.59 Å². The van der Waals surface area contributed by atoms with Crippen molar-refractivity contribution in [2.24, 2.45) is 5.11 Å². The highest BCUT2D eigenvalue weighted by Gasteiger charge is 2.18. The summed E-state index contributed by atoms with van der Waals surface area (Å²) in [6.07, 6.45) is -0.337. The second kappa shape index (κ2) is 4.97. The van der Waals surface area contributed by atoms with Crippen molar-refractivity contribution in [2.75, 3.05) is 7.05 Å². The molecule has 0 saturated heterocycles. The number of nitrogens with one attached hydrogen (secondary N) is 1. The maximum absolute atomic E-state index is 10.6. The molecule has 0 aliphatic rings. The Morgan fingerprint density at radius 1 is 1.75 bits per heavy atom. The monoisotopic (exact) mass is 172 g/mol. The molecule has 0 unspecified atom stereocenters. The van der Waals surface area contributed by atoms with Crippen LogP contribution >= 0.6 is 0 Å². The minimum atomic E-state index is -1.32. The molecule has 12 heavy (non-hydrogen) atoms. The fourth-order valence-electron chi connectivity index (χ4n) is 0.518. The van der Waals surface area contributed by atoms with Crippen LogP contribution in [0.2, 0.25) is 0 Å². The molecular weight excluding hydrogens is 164 g/mol. The maximum Gasteiger partial charge on any atom is 0.312 e. The first-order chi connectivity index (χ1) is 5.61. The lowest BCUT2D eigenvalue weighted by Gasteiger charge is -2.02.